The zero-order valence-electron chi connectivity index (χ0n) is 12.5. The van der Waals surface area contributed by atoms with Crippen LogP contribution in [0.3, 0.4) is 0 Å². The van der Waals surface area contributed by atoms with Crippen molar-refractivity contribution in [2.24, 2.45) is 0 Å². The number of benzene rings is 2. The van der Waals surface area contributed by atoms with Crippen LogP contribution < -0.4 is 5.32 Å². The fourth-order valence-electron chi connectivity index (χ4n) is 2.33. The minimum Gasteiger partial charge on any atom is -0.298 e. The summed E-state index contributed by atoms with van der Waals surface area (Å²) in [5.41, 5.74) is 3.39. The smallest absolute Gasteiger partial charge is 0.269 e. The second-order valence-corrected chi connectivity index (χ2v) is 6.21. The number of rotatable bonds is 3. The molecule has 0 fully saturated rings. The van der Waals surface area contributed by atoms with E-state index in [1.54, 1.807) is 0 Å². The molecule has 0 saturated heterocycles. The maximum Gasteiger partial charge on any atom is 0.269 e. The van der Waals surface area contributed by atoms with E-state index in [0.29, 0.717) is 10.7 Å². The molecule has 0 saturated carbocycles. The Morgan fingerprint density at radius 3 is 2.57 bits per heavy atom. The van der Waals surface area contributed by atoms with Gasteiger partial charge in [-0.1, -0.05) is 17.4 Å². The van der Waals surface area contributed by atoms with E-state index in [1.165, 1.54) is 35.6 Å². The lowest BCUT2D eigenvalue weighted by atomic mass is 10.1. The number of non-ortho nitro benzene ring substituents is 1. The summed E-state index contributed by atoms with van der Waals surface area (Å²) in [4.78, 5) is 26.8. The lowest BCUT2D eigenvalue weighted by molar-refractivity contribution is -0.384. The summed E-state index contributed by atoms with van der Waals surface area (Å²) in [7, 11) is 0. The third-order valence-electron chi connectivity index (χ3n) is 3.38. The Bertz CT molecular complexity index is 916. The van der Waals surface area contributed by atoms with Gasteiger partial charge in [-0.3, -0.25) is 20.2 Å². The number of aromatic nitrogens is 1. The third kappa shape index (κ3) is 3.04. The number of hydrogen-bond acceptors (Lipinski definition) is 5. The Kier molecular flexibility index (Phi) is 3.79. The molecule has 0 bridgehead atoms. The molecule has 6 nitrogen and oxygen atoms in total. The Morgan fingerprint density at radius 2 is 1.91 bits per heavy atom. The van der Waals surface area contributed by atoms with Crippen molar-refractivity contribution in [1.82, 2.24) is 4.98 Å². The second-order valence-electron chi connectivity index (χ2n) is 5.21. The van der Waals surface area contributed by atoms with Gasteiger partial charge in [-0.15, -0.1) is 0 Å². The summed E-state index contributed by atoms with van der Waals surface area (Å²) in [6.45, 7) is 4.01. The van der Waals surface area contributed by atoms with Gasteiger partial charge in [0.2, 0.25) is 0 Å². The van der Waals surface area contributed by atoms with Crippen LogP contribution in [0.4, 0.5) is 10.8 Å². The molecule has 0 aliphatic heterocycles. The van der Waals surface area contributed by atoms with Gasteiger partial charge in [0, 0.05) is 17.7 Å². The summed E-state index contributed by atoms with van der Waals surface area (Å²) < 4.78 is 1.04. The van der Waals surface area contributed by atoms with Crippen molar-refractivity contribution >= 4 is 38.3 Å². The van der Waals surface area contributed by atoms with Crippen molar-refractivity contribution in [3.63, 3.8) is 0 Å². The van der Waals surface area contributed by atoms with E-state index in [2.05, 4.69) is 16.4 Å². The number of carbonyl (C=O) groups excluding carboxylic acids is 1. The molecule has 2 aromatic carbocycles. The zero-order valence-corrected chi connectivity index (χ0v) is 13.3. The number of nitro groups is 1. The number of nitrogens with zero attached hydrogens (tertiary/aromatic N) is 2. The Balaban J connectivity index is 1.85. The van der Waals surface area contributed by atoms with E-state index in [0.717, 1.165) is 21.3 Å². The van der Waals surface area contributed by atoms with Gasteiger partial charge < -0.3 is 0 Å². The normalized spacial score (nSPS) is 10.7. The number of hydrogen-bond donors (Lipinski definition) is 1. The van der Waals surface area contributed by atoms with Crippen molar-refractivity contribution in [2.75, 3.05) is 5.32 Å². The first-order valence-corrected chi connectivity index (χ1v) is 7.69. The minimum atomic E-state index is -0.500. The first-order valence-electron chi connectivity index (χ1n) is 6.87. The zero-order chi connectivity index (χ0) is 16.6. The molecule has 0 aliphatic rings. The van der Waals surface area contributed by atoms with Crippen LogP contribution in [0.25, 0.3) is 10.2 Å². The highest BCUT2D eigenvalue weighted by atomic mass is 32.1. The first kappa shape index (κ1) is 15.1. The average molecular weight is 327 g/mol. The van der Waals surface area contributed by atoms with E-state index in [4.69, 9.17) is 0 Å². The van der Waals surface area contributed by atoms with Gasteiger partial charge in [-0.05, 0) is 43.2 Å². The number of nitro benzene ring substituents is 1. The van der Waals surface area contributed by atoms with Crippen LogP contribution in [0.5, 0.6) is 0 Å². The molecule has 3 rings (SSSR count). The van der Waals surface area contributed by atoms with Crippen LogP contribution in [0.2, 0.25) is 0 Å². The second kappa shape index (κ2) is 5.77. The molecule has 1 N–H and O–H groups in total. The summed E-state index contributed by atoms with van der Waals surface area (Å²) in [6.07, 6.45) is 0. The Labute approximate surface area is 135 Å². The monoisotopic (exact) mass is 327 g/mol. The molecule has 1 heterocycles. The van der Waals surface area contributed by atoms with Gasteiger partial charge in [0.25, 0.3) is 11.6 Å². The van der Waals surface area contributed by atoms with Gasteiger partial charge in [-0.25, -0.2) is 4.98 Å². The third-order valence-corrected chi connectivity index (χ3v) is 4.50. The standard InChI is InChI=1S/C16H13N3O3S/c1-9-7-10(2)14-13(8-9)17-16(23-14)18-15(20)11-3-5-12(6-4-11)19(21)22/h3-8H,1-2H3,(H,17,18,20). The largest absolute Gasteiger partial charge is 0.298 e. The van der Waals surface area contributed by atoms with Crippen LogP contribution in [0.15, 0.2) is 36.4 Å². The summed E-state index contributed by atoms with van der Waals surface area (Å²) in [5.74, 6) is -0.340. The molecule has 3 aromatic rings. The van der Waals surface area contributed by atoms with Crippen molar-refractivity contribution in [3.8, 4) is 0 Å². The van der Waals surface area contributed by atoms with Gasteiger partial charge in [0.15, 0.2) is 5.13 Å². The molecule has 1 aromatic heterocycles. The van der Waals surface area contributed by atoms with Crippen LogP contribution in [-0.4, -0.2) is 15.8 Å². The molecule has 23 heavy (non-hydrogen) atoms. The Hall–Kier alpha value is -2.80. The van der Waals surface area contributed by atoms with E-state index < -0.39 is 4.92 Å². The van der Waals surface area contributed by atoms with Crippen molar-refractivity contribution in [1.29, 1.82) is 0 Å². The molecule has 0 unspecified atom stereocenters. The quantitative estimate of drug-likeness (QED) is 0.580. The van der Waals surface area contributed by atoms with E-state index >= 15 is 0 Å². The summed E-state index contributed by atoms with van der Waals surface area (Å²) in [5, 5.41) is 13.9. The Morgan fingerprint density at radius 1 is 1.22 bits per heavy atom. The molecular weight excluding hydrogens is 314 g/mol. The van der Waals surface area contributed by atoms with Crippen LogP contribution >= 0.6 is 11.3 Å². The molecule has 0 atom stereocenters. The van der Waals surface area contributed by atoms with Crippen LogP contribution in [-0.2, 0) is 0 Å². The van der Waals surface area contributed by atoms with Crippen LogP contribution in [0.1, 0.15) is 21.5 Å². The number of anilines is 1. The van der Waals surface area contributed by atoms with E-state index in [-0.39, 0.29) is 11.6 Å². The van der Waals surface area contributed by atoms with Gasteiger partial charge in [0.1, 0.15) is 0 Å². The SMILES string of the molecule is Cc1cc(C)c2sc(NC(=O)c3ccc([N+](=O)[O-])cc3)nc2c1. The number of nitrogens with one attached hydrogen (secondary N) is 1. The number of fused-ring (bicyclic) bond motifs is 1. The fourth-order valence-corrected chi connectivity index (χ4v) is 3.24. The molecule has 7 heteroatoms. The lowest BCUT2D eigenvalue weighted by Crippen LogP contribution is -2.11. The number of amides is 1. The molecule has 116 valence electrons. The van der Waals surface area contributed by atoms with Crippen molar-refractivity contribution < 1.29 is 9.72 Å². The van der Waals surface area contributed by atoms with Gasteiger partial charge in [-0.2, -0.15) is 0 Å². The maximum atomic E-state index is 12.2. The fraction of sp³-hybridized carbons (Fsp3) is 0.125. The van der Waals surface area contributed by atoms with Gasteiger partial charge in [0.05, 0.1) is 15.1 Å². The first-order chi connectivity index (χ1) is 10.9. The number of thiazole rings is 1. The highest BCUT2D eigenvalue weighted by Crippen LogP contribution is 2.30. The molecule has 0 spiro atoms. The van der Waals surface area contributed by atoms with Crippen molar-refractivity contribution in [2.45, 2.75) is 13.8 Å². The van der Waals surface area contributed by atoms with Crippen molar-refractivity contribution in [3.05, 3.63) is 63.2 Å². The molecule has 0 radical (unpaired) electrons. The topological polar surface area (TPSA) is 85.1 Å². The van der Waals surface area contributed by atoms with Gasteiger partial charge >= 0.3 is 0 Å². The predicted molar refractivity (Wildman–Crippen MR) is 90.1 cm³/mol. The molecular formula is C16H13N3O3S. The molecule has 1 amide bonds. The predicted octanol–water partition coefficient (Wildman–Crippen LogP) is 4.07. The summed E-state index contributed by atoms with van der Waals surface area (Å²) >= 11 is 1.41. The minimum absolute atomic E-state index is 0.0485. The highest BCUT2D eigenvalue weighted by Gasteiger charge is 2.13. The average Bonchev–Trinajstić information content (AvgIpc) is 2.90. The van der Waals surface area contributed by atoms with E-state index in [9.17, 15) is 14.9 Å². The lowest BCUT2D eigenvalue weighted by Gasteiger charge is -2.00. The number of aryl methyl sites for hydroxylation is 2. The highest BCUT2D eigenvalue weighted by molar-refractivity contribution is 7.22. The number of carbonyl (C=O) groups is 1. The maximum absolute atomic E-state index is 12.2. The summed E-state index contributed by atoms with van der Waals surface area (Å²) in [6, 6.07) is 9.51. The van der Waals surface area contributed by atoms with E-state index in [1.807, 2.05) is 19.9 Å². The molecule has 0 aliphatic carbocycles. The van der Waals surface area contributed by atoms with Crippen LogP contribution in [0, 0.1) is 24.0 Å².